The Morgan fingerprint density at radius 2 is 0.917 bits per heavy atom. The fourth-order valence-electron chi connectivity index (χ4n) is 2.83. The van der Waals surface area contributed by atoms with Crippen molar-refractivity contribution in [3.8, 4) is 23.0 Å². The van der Waals surface area contributed by atoms with Crippen LogP contribution in [0, 0.1) is 20.2 Å². The highest BCUT2D eigenvalue weighted by Gasteiger charge is 2.19. The molecule has 0 fully saturated rings. The number of ether oxygens (including phenoxy) is 2. The molecule has 0 spiro atoms. The fourth-order valence-corrected chi connectivity index (χ4v) is 3.23. The maximum Gasteiger partial charge on any atom is 0.293 e. The Balaban J connectivity index is 0.000000201. The molecule has 0 atom stereocenters. The average molecular weight is 529 g/mol. The van der Waals surface area contributed by atoms with Gasteiger partial charge in [0.25, 0.3) is 11.4 Å². The molecule has 10 nitrogen and oxygen atoms in total. The van der Waals surface area contributed by atoms with Crippen LogP contribution in [0.4, 0.5) is 22.7 Å². The van der Waals surface area contributed by atoms with E-state index in [1.807, 2.05) is 12.1 Å². The van der Waals surface area contributed by atoms with Gasteiger partial charge in [-0.05, 0) is 36.4 Å². The van der Waals surface area contributed by atoms with Gasteiger partial charge in [-0.25, -0.2) is 0 Å². The topological polar surface area (TPSA) is 157 Å². The van der Waals surface area contributed by atoms with Crippen LogP contribution >= 0.6 is 23.2 Å². The first-order chi connectivity index (χ1) is 17.2. The first kappa shape index (κ1) is 26.1. The summed E-state index contributed by atoms with van der Waals surface area (Å²) in [6.07, 6.45) is 0. The van der Waals surface area contributed by atoms with E-state index in [9.17, 15) is 20.2 Å². The predicted octanol–water partition coefficient (Wildman–Crippen LogP) is 7.25. The van der Waals surface area contributed by atoms with E-state index in [1.54, 1.807) is 48.5 Å². The number of rotatable bonds is 6. The lowest BCUT2D eigenvalue weighted by atomic mass is 10.2. The summed E-state index contributed by atoms with van der Waals surface area (Å²) in [5.74, 6) is 1.72. The van der Waals surface area contributed by atoms with Gasteiger partial charge in [0.2, 0.25) is 0 Å². The van der Waals surface area contributed by atoms with Crippen molar-refractivity contribution in [2.24, 2.45) is 0 Å². The van der Waals surface area contributed by atoms with Crippen LogP contribution in [0.2, 0.25) is 10.0 Å². The maximum atomic E-state index is 10.7. The van der Waals surface area contributed by atoms with Crippen LogP contribution in [-0.4, -0.2) is 9.85 Å². The molecule has 0 aliphatic heterocycles. The smallest absolute Gasteiger partial charge is 0.293 e. The summed E-state index contributed by atoms with van der Waals surface area (Å²) in [5, 5.41) is 21.4. The number of nitrogen functional groups attached to an aromatic ring is 2. The van der Waals surface area contributed by atoms with Gasteiger partial charge in [0.1, 0.15) is 44.4 Å². The predicted molar refractivity (Wildman–Crippen MR) is 138 cm³/mol. The van der Waals surface area contributed by atoms with Gasteiger partial charge >= 0.3 is 0 Å². The Hall–Kier alpha value is -4.54. The number of benzene rings is 4. The van der Waals surface area contributed by atoms with Gasteiger partial charge in [-0.3, -0.25) is 20.2 Å². The van der Waals surface area contributed by atoms with Gasteiger partial charge in [-0.1, -0.05) is 59.6 Å². The molecule has 0 aromatic heterocycles. The van der Waals surface area contributed by atoms with E-state index in [1.165, 1.54) is 24.3 Å². The fraction of sp³-hybridized carbons (Fsp3) is 0. The van der Waals surface area contributed by atoms with Crippen molar-refractivity contribution in [3.05, 3.63) is 115 Å². The molecule has 0 amide bonds. The number of nitrogens with zero attached hydrogens (tertiary/aromatic N) is 2. The highest BCUT2D eigenvalue weighted by molar-refractivity contribution is 6.35. The highest BCUT2D eigenvalue weighted by Crippen LogP contribution is 2.40. The zero-order valence-corrected chi connectivity index (χ0v) is 19.8. The number of hydrogen-bond acceptors (Lipinski definition) is 8. The third-order valence-corrected chi connectivity index (χ3v) is 5.36. The molecule has 12 heteroatoms. The van der Waals surface area contributed by atoms with Gasteiger partial charge in [0, 0.05) is 12.1 Å². The molecule has 0 saturated carbocycles. The highest BCUT2D eigenvalue weighted by atomic mass is 35.5. The molecule has 4 aromatic rings. The number of para-hydroxylation sites is 2. The van der Waals surface area contributed by atoms with E-state index in [-0.39, 0.29) is 44.3 Å². The third-order valence-electron chi connectivity index (χ3n) is 4.58. The summed E-state index contributed by atoms with van der Waals surface area (Å²) in [7, 11) is 0. The Bertz CT molecular complexity index is 1280. The van der Waals surface area contributed by atoms with E-state index in [4.69, 9.17) is 44.1 Å². The first-order valence-electron chi connectivity index (χ1n) is 10.1. The number of anilines is 2. The molecular weight excluding hydrogens is 511 g/mol. The largest absolute Gasteiger partial charge is 0.456 e. The number of nitro benzene ring substituents is 2. The van der Waals surface area contributed by atoms with E-state index in [0.29, 0.717) is 11.5 Å². The van der Waals surface area contributed by atoms with Crippen LogP contribution < -0.4 is 20.9 Å². The van der Waals surface area contributed by atoms with Crippen molar-refractivity contribution in [1.29, 1.82) is 0 Å². The first-order valence-corrected chi connectivity index (χ1v) is 10.8. The van der Waals surface area contributed by atoms with Crippen molar-refractivity contribution >= 4 is 46.0 Å². The van der Waals surface area contributed by atoms with Gasteiger partial charge in [-0.2, -0.15) is 0 Å². The molecule has 0 bridgehead atoms. The summed E-state index contributed by atoms with van der Waals surface area (Å²) >= 11 is 11.9. The molecule has 0 aliphatic carbocycles. The summed E-state index contributed by atoms with van der Waals surface area (Å²) in [6, 6.07) is 23.2. The number of nitrogens with two attached hydrogens (primary N) is 2. The monoisotopic (exact) mass is 528 g/mol. The third kappa shape index (κ3) is 6.32. The minimum absolute atomic E-state index is 0.0352. The molecule has 0 aliphatic rings. The molecule has 4 aromatic carbocycles. The van der Waals surface area contributed by atoms with E-state index >= 15 is 0 Å². The Kier molecular flexibility index (Phi) is 8.50. The van der Waals surface area contributed by atoms with Gasteiger partial charge < -0.3 is 20.9 Å². The second kappa shape index (κ2) is 11.7. The van der Waals surface area contributed by atoms with Crippen LogP contribution in [0.5, 0.6) is 23.0 Å². The molecular formula is C24H18Cl2N4O6. The van der Waals surface area contributed by atoms with Crippen LogP contribution in [-0.2, 0) is 0 Å². The van der Waals surface area contributed by atoms with Gasteiger partial charge in [0.05, 0.1) is 9.85 Å². The second-order valence-corrected chi connectivity index (χ2v) is 7.72. The SMILES string of the molecule is Nc1c([N+](=O)[O-])ccc(Oc2ccccc2)c1Cl.Nc1c([N+](=O)[O-])ccc(Oc2ccccc2)c1Cl. The molecule has 4 rings (SSSR count). The van der Waals surface area contributed by atoms with Crippen molar-refractivity contribution in [3.63, 3.8) is 0 Å². The number of nitro groups is 2. The zero-order valence-electron chi connectivity index (χ0n) is 18.3. The summed E-state index contributed by atoms with van der Waals surface area (Å²) < 4.78 is 11.0. The van der Waals surface area contributed by atoms with Crippen LogP contribution in [0.25, 0.3) is 0 Å². The van der Waals surface area contributed by atoms with Crippen LogP contribution in [0.3, 0.4) is 0 Å². The minimum atomic E-state index is -0.590. The Morgan fingerprint density at radius 3 is 1.22 bits per heavy atom. The molecule has 0 heterocycles. The quantitative estimate of drug-likeness (QED) is 0.150. The second-order valence-electron chi connectivity index (χ2n) is 6.97. The average Bonchev–Trinajstić information content (AvgIpc) is 2.86. The molecule has 0 radical (unpaired) electrons. The lowest BCUT2D eigenvalue weighted by Crippen LogP contribution is -1.97. The van der Waals surface area contributed by atoms with Gasteiger partial charge in [-0.15, -0.1) is 0 Å². The molecule has 36 heavy (non-hydrogen) atoms. The lowest BCUT2D eigenvalue weighted by Gasteiger charge is -2.09. The Morgan fingerprint density at radius 1 is 0.583 bits per heavy atom. The summed E-state index contributed by atoms with van der Waals surface area (Å²) in [4.78, 5) is 20.2. The van der Waals surface area contributed by atoms with Crippen LogP contribution in [0.15, 0.2) is 84.9 Å². The zero-order chi connectivity index (χ0) is 26.2. The van der Waals surface area contributed by atoms with Gasteiger partial charge in [0.15, 0.2) is 0 Å². The van der Waals surface area contributed by atoms with E-state index in [2.05, 4.69) is 0 Å². The van der Waals surface area contributed by atoms with Crippen molar-refractivity contribution in [2.75, 3.05) is 11.5 Å². The number of halogens is 2. The maximum absolute atomic E-state index is 10.7. The molecule has 4 N–H and O–H groups in total. The minimum Gasteiger partial charge on any atom is -0.456 e. The normalized spacial score (nSPS) is 10.1. The number of hydrogen-bond donors (Lipinski definition) is 2. The lowest BCUT2D eigenvalue weighted by molar-refractivity contribution is -0.384. The summed E-state index contributed by atoms with van der Waals surface area (Å²) in [5.41, 5.74) is 10.5. The standard InChI is InChI=1S/2C12H9ClN2O3/c2*13-11-10(18-8-4-2-1-3-5-8)7-6-9(12(11)14)15(16)17/h2*1-7H,14H2. The molecule has 184 valence electrons. The molecule has 0 saturated heterocycles. The van der Waals surface area contributed by atoms with E-state index < -0.39 is 9.85 Å². The molecule has 0 unspecified atom stereocenters. The van der Waals surface area contributed by atoms with Crippen molar-refractivity contribution in [2.45, 2.75) is 0 Å². The van der Waals surface area contributed by atoms with Crippen LogP contribution in [0.1, 0.15) is 0 Å². The summed E-state index contributed by atoms with van der Waals surface area (Å²) in [6.45, 7) is 0. The van der Waals surface area contributed by atoms with Crippen molar-refractivity contribution in [1.82, 2.24) is 0 Å². The Labute approximate surface area is 214 Å². The van der Waals surface area contributed by atoms with Crippen molar-refractivity contribution < 1.29 is 19.3 Å². The van der Waals surface area contributed by atoms with E-state index in [0.717, 1.165) is 0 Å².